The number of anilines is 1. The van der Waals surface area contributed by atoms with E-state index in [0.717, 1.165) is 29.7 Å². The van der Waals surface area contributed by atoms with Gasteiger partial charge in [0.1, 0.15) is 12.3 Å². The van der Waals surface area contributed by atoms with Crippen LogP contribution in [0, 0.1) is 0 Å². The summed E-state index contributed by atoms with van der Waals surface area (Å²) < 4.78 is 5.07. The summed E-state index contributed by atoms with van der Waals surface area (Å²) >= 11 is 0. The molecule has 8 nitrogen and oxygen atoms in total. The van der Waals surface area contributed by atoms with E-state index in [-0.39, 0.29) is 11.7 Å². The average Bonchev–Trinajstić information content (AvgIpc) is 3.01. The molecule has 0 spiro atoms. The van der Waals surface area contributed by atoms with Crippen LogP contribution in [-0.2, 0) is 27.2 Å². The lowest BCUT2D eigenvalue weighted by Gasteiger charge is -2.21. The molecule has 2 aromatic rings. The molecule has 4 rings (SSSR count). The smallest absolute Gasteiger partial charge is 0.339 e. The SMILES string of the molecule is COc1ccc(N2C(=O)C(=O)N(CC(=O)N[C@@H](C)c3ccc4c(c3)CCCC4)C2=O)cc1. The van der Waals surface area contributed by atoms with Crippen molar-refractivity contribution in [1.29, 1.82) is 0 Å². The van der Waals surface area contributed by atoms with Crippen LogP contribution in [-0.4, -0.2) is 42.3 Å². The number of fused-ring (bicyclic) bond motifs is 1. The van der Waals surface area contributed by atoms with Gasteiger partial charge in [-0.3, -0.25) is 14.4 Å². The van der Waals surface area contributed by atoms with Crippen molar-refractivity contribution in [1.82, 2.24) is 10.2 Å². The summed E-state index contributed by atoms with van der Waals surface area (Å²) in [7, 11) is 1.50. The van der Waals surface area contributed by atoms with Gasteiger partial charge in [0.15, 0.2) is 0 Å². The van der Waals surface area contributed by atoms with Crippen LogP contribution in [0.4, 0.5) is 10.5 Å². The standard InChI is InChI=1S/C24H25N3O5/c1-15(17-8-7-16-5-3-4-6-18(16)13-17)25-21(28)14-26-22(29)23(30)27(24(26)31)19-9-11-20(32-2)12-10-19/h7-13,15H,3-6,14H2,1-2H3,(H,25,28)/t15-/m0/s1. The second-order valence-electron chi connectivity index (χ2n) is 8.04. The molecule has 32 heavy (non-hydrogen) atoms. The number of ether oxygens (including phenoxy) is 1. The number of hydrogen-bond donors (Lipinski definition) is 1. The maximum absolute atomic E-state index is 12.7. The average molecular weight is 435 g/mol. The third-order valence-corrected chi connectivity index (χ3v) is 5.94. The molecule has 8 heteroatoms. The first-order valence-corrected chi connectivity index (χ1v) is 10.6. The highest BCUT2D eigenvalue weighted by Gasteiger charge is 2.46. The van der Waals surface area contributed by atoms with Gasteiger partial charge in [0, 0.05) is 0 Å². The quantitative estimate of drug-likeness (QED) is 0.556. The summed E-state index contributed by atoms with van der Waals surface area (Å²) in [5, 5.41) is 2.82. The number of benzene rings is 2. The molecule has 0 aromatic heterocycles. The molecule has 5 amide bonds. The molecule has 1 aliphatic heterocycles. The molecule has 2 aliphatic rings. The Morgan fingerprint density at radius 3 is 2.38 bits per heavy atom. The number of urea groups is 1. The van der Waals surface area contributed by atoms with Crippen LogP contribution in [0.5, 0.6) is 5.75 Å². The van der Waals surface area contributed by atoms with E-state index in [0.29, 0.717) is 10.6 Å². The number of carbonyl (C=O) groups excluding carboxylic acids is 4. The molecular formula is C24H25N3O5. The van der Waals surface area contributed by atoms with Crippen molar-refractivity contribution in [2.24, 2.45) is 0 Å². The van der Waals surface area contributed by atoms with E-state index in [1.165, 1.54) is 36.8 Å². The third-order valence-electron chi connectivity index (χ3n) is 5.94. The Morgan fingerprint density at radius 2 is 1.69 bits per heavy atom. The number of carbonyl (C=O) groups is 4. The van der Waals surface area contributed by atoms with E-state index in [4.69, 9.17) is 4.74 Å². The van der Waals surface area contributed by atoms with Crippen LogP contribution in [0.15, 0.2) is 42.5 Å². The lowest BCUT2D eigenvalue weighted by Crippen LogP contribution is -2.42. The molecule has 1 atom stereocenters. The Kier molecular flexibility index (Phi) is 5.94. The molecule has 0 saturated carbocycles. The highest BCUT2D eigenvalue weighted by Crippen LogP contribution is 2.26. The van der Waals surface area contributed by atoms with Gasteiger partial charge in [0.25, 0.3) is 0 Å². The zero-order valence-corrected chi connectivity index (χ0v) is 18.1. The third kappa shape index (κ3) is 4.08. The summed E-state index contributed by atoms with van der Waals surface area (Å²) in [4.78, 5) is 51.5. The van der Waals surface area contributed by atoms with Crippen molar-refractivity contribution in [2.75, 3.05) is 18.6 Å². The fourth-order valence-electron chi connectivity index (χ4n) is 4.14. The highest BCUT2D eigenvalue weighted by atomic mass is 16.5. The van der Waals surface area contributed by atoms with Crippen LogP contribution < -0.4 is 15.0 Å². The summed E-state index contributed by atoms with van der Waals surface area (Å²) in [5.74, 6) is -1.98. The van der Waals surface area contributed by atoms with E-state index in [9.17, 15) is 19.2 Å². The highest BCUT2D eigenvalue weighted by molar-refractivity contribution is 6.53. The van der Waals surface area contributed by atoms with Gasteiger partial charge in [-0.2, -0.15) is 0 Å². The first kappa shape index (κ1) is 21.5. The number of nitrogens with zero attached hydrogens (tertiary/aromatic N) is 2. The van der Waals surface area contributed by atoms with Gasteiger partial charge in [0.2, 0.25) is 5.91 Å². The molecule has 2 aromatic carbocycles. The molecule has 1 aliphatic carbocycles. The van der Waals surface area contributed by atoms with Crippen molar-refractivity contribution in [3.05, 3.63) is 59.2 Å². The second-order valence-corrected chi connectivity index (χ2v) is 8.04. The van der Waals surface area contributed by atoms with Gasteiger partial charge in [-0.1, -0.05) is 18.2 Å². The van der Waals surface area contributed by atoms with Crippen molar-refractivity contribution in [3.63, 3.8) is 0 Å². The van der Waals surface area contributed by atoms with E-state index >= 15 is 0 Å². The first-order valence-electron chi connectivity index (χ1n) is 10.6. The minimum atomic E-state index is -1.03. The van der Waals surface area contributed by atoms with E-state index < -0.39 is 30.3 Å². The summed E-state index contributed by atoms with van der Waals surface area (Å²) in [5.41, 5.74) is 3.86. The van der Waals surface area contributed by atoms with Crippen molar-refractivity contribution in [3.8, 4) is 5.75 Å². The minimum absolute atomic E-state index is 0.236. The fourth-order valence-corrected chi connectivity index (χ4v) is 4.14. The van der Waals surface area contributed by atoms with Gasteiger partial charge in [0.05, 0.1) is 18.8 Å². The predicted molar refractivity (Wildman–Crippen MR) is 117 cm³/mol. The van der Waals surface area contributed by atoms with Crippen molar-refractivity contribution >= 4 is 29.4 Å². The lowest BCUT2D eigenvalue weighted by molar-refractivity contribution is -0.140. The zero-order chi connectivity index (χ0) is 22.8. The lowest BCUT2D eigenvalue weighted by atomic mass is 9.89. The number of imide groups is 2. The second kappa shape index (κ2) is 8.82. The van der Waals surface area contributed by atoms with Crippen molar-refractivity contribution in [2.45, 2.75) is 38.6 Å². The zero-order valence-electron chi connectivity index (χ0n) is 18.1. The Labute approximate surface area is 186 Å². The topological polar surface area (TPSA) is 96.0 Å². The number of rotatable bonds is 6. The van der Waals surface area contributed by atoms with Crippen LogP contribution in [0.3, 0.4) is 0 Å². The number of methoxy groups -OCH3 is 1. The van der Waals surface area contributed by atoms with Gasteiger partial charge >= 0.3 is 17.8 Å². The summed E-state index contributed by atoms with van der Waals surface area (Å²) in [6.07, 6.45) is 4.47. The summed E-state index contributed by atoms with van der Waals surface area (Å²) in [6, 6.07) is 11.2. The predicted octanol–water partition coefficient (Wildman–Crippen LogP) is 2.75. The normalized spacial score (nSPS) is 16.8. The van der Waals surface area contributed by atoms with Gasteiger partial charge in [-0.05, 0) is 73.6 Å². The van der Waals surface area contributed by atoms with Gasteiger partial charge < -0.3 is 10.1 Å². The molecule has 1 fully saturated rings. The minimum Gasteiger partial charge on any atom is -0.497 e. The van der Waals surface area contributed by atoms with Crippen LogP contribution in [0.2, 0.25) is 0 Å². The van der Waals surface area contributed by atoms with E-state index in [1.54, 1.807) is 12.1 Å². The molecule has 0 radical (unpaired) electrons. The Bertz CT molecular complexity index is 1080. The molecular weight excluding hydrogens is 410 g/mol. The van der Waals surface area contributed by atoms with E-state index in [1.807, 2.05) is 13.0 Å². The molecule has 1 heterocycles. The maximum atomic E-state index is 12.7. The Balaban J connectivity index is 1.42. The maximum Gasteiger partial charge on any atom is 0.339 e. The van der Waals surface area contributed by atoms with Crippen molar-refractivity contribution < 1.29 is 23.9 Å². The number of nitrogens with one attached hydrogen (secondary N) is 1. The van der Waals surface area contributed by atoms with Gasteiger partial charge in [-0.15, -0.1) is 0 Å². The van der Waals surface area contributed by atoms with Gasteiger partial charge in [-0.25, -0.2) is 14.6 Å². The number of aryl methyl sites for hydroxylation is 2. The molecule has 1 N–H and O–H groups in total. The molecule has 166 valence electrons. The first-order chi connectivity index (χ1) is 15.4. The monoisotopic (exact) mass is 435 g/mol. The largest absolute Gasteiger partial charge is 0.497 e. The van der Waals surface area contributed by atoms with Crippen LogP contribution in [0.1, 0.15) is 42.5 Å². The summed E-state index contributed by atoms with van der Waals surface area (Å²) in [6.45, 7) is 1.33. The molecule has 1 saturated heterocycles. The van der Waals surface area contributed by atoms with Crippen LogP contribution in [0.25, 0.3) is 0 Å². The molecule has 0 unspecified atom stereocenters. The molecule has 0 bridgehead atoms. The van der Waals surface area contributed by atoms with Crippen LogP contribution >= 0.6 is 0 Å². The Morgan fingerprint density at radius 1 is 1.00 bits per heavy atom. The Hall–Kier alpha value is -3.68. The number of amides is 5. The van der Waals surface area contributed by atoms with E-state index in [2.05, 4.69) is 17.4 Å². The fraction of sp³-hybridized carbons (Fsp3) is 0.333. The number of hydrogen-bond acceptors (Lipinski definition) is 5.